The summed E-state index contributed by atoms with van der Waals surface area (Å²) in [7, 11) is -2.42. The third-order valence-electron chi connectivity index (χ3n) is 5.06. The molecule has 0 aromatic heterocycles. The first-order chi connectivity index (χ1) is 15.2. The van der Waals surface area contributed by atoms with Crippen molar-refractivity contribution in [2.24, 2.45) is 0 Å². The van der Waals surface area contributed by atoms with Crippen LogP contribution in [0.2, 0.25) is 0 Å². The molecule has 0 spiro atoms. The fourth-order valence-electron chi connectivity index (χ4n) is 3.59. The van der Waals surface area contributed by atoms with Gasteiger partial charge in [-0.25, -0.2) is 8.42 Å². The van der Waals surface area contributed by atoms with E-state index in [0.29, 0.717) is 17.0 Å². The summed E-state index contributed by atoms with van der Waals surface area (Å²) in [6, 6.07) is 18.6. The van der Waals surface area contributed by atoms with E-state index in [0.717, 1.165) is 16.7 Å². The van der Waals surface area contributed by atoms with Crippen LogP contribution in [0.15, 0.2) is 71.6 Å². The number of hydrogen-bond donors (Lipinski definition) is 2. The minimum Gasteiger partial charge on any atom is -0.496 e. The Morgan fingerprint density at radius 1 is 0.938 bits per heavy atom. The predicted molar refractivity (Wildman–Crippen MR) is 127 cm³/mol. The van der Waals surface area contributed by atoms with Crippen molar-refractivity contribution >= 4 is 21.6 Å². The van der Waals surface area contributed by atoms with Gasteiger partial charge in [0.1, 0.15) is 11.8 Å². The van der Waals surface area contributed by atoms with Gasteiger partial charge in [-0.15, -0.1) is 0 Å². The summed E-state index contributed by atoms with van der Waals surface area (Å²) < 4.78 is 34.0. The highest BCUT2D eigenvalue weighted by atomic mass is 32.2. The zero-order valence-electron chi connectivity index (χ0n) is 18.7. The summed E-state index contributed by atoms with van der Waals surface area (Å²) in [4.78, 5) is 13.2. The van der Waals surface area contributed by atoms with Crippen LogP contribution in [-0.4, -0.2) is 27.5 Å². The fraction of sp³-hybridized carbons (Fsp3) is 0.240. The predicted octanol–water partition coefficient (Wildman–Crippen LogP) is 4.15. The summed E-state index contributed by atoms with van der Waals surface area (Å²) in [5.41, 5.74) is 4.19. The van der Waals surface area contributed by atoms with Crippen LogP contribution in [-0.2, 0) is 21.2 Å². The highest BCUT2D eigenvalue weighted by molar-refractivity contribution is 7.89. The monoisotopic (exact) mass is 452 g/mol. The Labute approximate surface area is 189 Å². The van der Waals surface area contributed by atoms with E-state index in [4.69, 9.17) is 4.74 Å². The standard InChI is InChI=1S/C25H28N2O4S/c1-17-12-18(2)14-21(13-17)26-25(28)23(16-20-8-6-5-7-9-20)27-32(29,30)22-10-11-24(31-4)19(3)15-22/h5-15,23,27H,16H2,1-4H3,(H,26,28). The zero-order chi connectivity index (χ0) is 23.3. The first-order valence-electron chi connectivity index (χ1n) is 10.3. The molecular weight excluding hydrogens is 424 g/mol. The van der Waals surface area contributed by atoms with Crippen molar-refractivity contribution in [3.63, 3.8) is 0 Å². The van der Waals surface area contributed by atoms with Crippen LogP contribution in [0.4, 0.5) is 5.69 Å². The molecule has 1 amide bonds. The van der Waals surface area contributed by atoms with E-state index in [1.807, 2.05) is 62.4 Å². The van der Waals surface area contributed by atoms with E-state index in [2.05, 4.69) is 10.0 Å². The molecule has 6 nitrogen and oxygen atoms in total. The highest BCUT2D eigenvalue weighted by Crippen LogP contribution is 2.22. The summed E-state index contributed by atoms with van der Waals surface area (Å²) in [6.07, 6.45) is 0.214. The van der Waals surface area contributed by atoms with Crippen molar-refractivity contribution in [1.29, 1.82) is 0 Å². The van der Waals surface area contributed by atoms with E-state index in [1.165, 1.54) is 19.2 Å². The Morgan fingerprint density at radius 2 is 1.59 bits per heavy atom. The van der Waals surface area contributed by atoms with Crippen LogP contribution in [0.3, 0.4) is 0 Å². The van der Waals surface area contributed by atoms with Crippen molar-refractivity contribution < 1.29 is 17.9 Å². The Kier molecular flexibility index (Phi) is 7.33. The van der Waals surface area contributed by atoms with E-state index >= 15 is 0 Å². The van der Waals surface area contributed by atoms with Gasteiger partial charge in [-0.2, -0.15) is 4.72 Å². The van der Waals surface area contributed by atoms with Crippen molar-refractivity contribution in [1.82, 2.24) is 4.72 Å². The molecule has 3 aromatic rings. The molecule has 168 valence electrons. The SMILES string of the molecule is COc1ccc(S(=O)(=O)NC(Cc2ccccc2)C(=O)Nc2cc(C)cc(C)c2)cc1C. The number of benzene rings is 3. The molecule has 0 aliphatic carbocycles. The number of carbonyl (C=O) groups excluding carboxylic acids is 1. The number of amides is 1. The molecule has 0 radical (unpaired) electrons. The molecule has 2 N–H and O–H groups in total. The number of hydrogen-bond acceptors (Lipinski definition) is 4. The molecule has 1 atom stereocenters. The van der Waals surface area contributed by atoms with Crippen LogP contribution in [0, 0.1) is 20.8 Å². The van der Waals surface area contributed by atoms with Crippen LogP contribution in [0.5, 0.6) is 5.75 Å². The third kappa shape index (κ3) is 5.96. The molecule has 32 heavy (non-hydrogen) atoms. The molecule has 0 saturated heterocycles. The average Bonchev–Trinajstić information content (AvgIpc) is 2.73. The number of rotatable bonds is 8. The van der Waals surface area contributed by atoms with Gasteiger partial charge >= 0.3 is 0 Å². The van der Waals surface area contributed by atoms with Gasteiger partial charge in [0.2, 0.25) is 15.9 Å². The van der Waals surface area contributed by atoms with Crippen LogP contribution >= 0.6 is 0 Å². The van der Waals surface area contributed by atoms with Crippen molar-refractivity contribution in [2.75, 3.05) is 12.4 Å². The summed E-state index contributed by atoms with van der Waals surface area (Å²) in [5.74, 6) is 0.171. The van der Waals surface area contributed by atoms with Gasteiger partial charge in [0, 0.05) is 5.69 Å². The van der Waals surface area contributed by atoms with Gasteiger partial charge in [0.05, 0.1) is 12.0 Å². The van der Waals surface area contributed by atoms with E-state index in [9.17, 15) is 13.2 Å². The van der Waals surface area contributed by atoms with Gasteiger partial charge in [0.15, 0.2) is 0 Å². The van der Waals surface area contributed by atoms with Crippen LogP contribution in [0.1, 0.15) is 22.3 Å². The highest BCUT2D eigenvalue weighted by Gasteiger charge is 2.27. The lowest BCUT2D eigenvalue weighted by molar-refractivity contribution is -0.117. The second-order valence-electron chi connectivity index (χ2n) is 7.86. The lowest BCUT2D eigenvalue weighted by Gasteiger charge is -2.19. The second kappa shape index (κ2) is 9.97. The topological polar surface area (TPSA) is 84.5 Å². The summed E-state index contributed by atoms with van der Waals surface area (Å²) >= 11 is 0. The maximum Gasteiger partial charge on any atom is 0.242 e. The Balaban J connectivity index is 1.89. The minimum absolute atomic E-state index is 0.0769. The molecule has 3 rings (SSSR count). The normalized spacial score (nSPS) is 12.2. The zero-order valence-corrected chi connectivity index (χ0v) is 19.5. The lowest BCUT2D eigenvalue weighted by Crippen LogP contribution is -2.45. The number of anilines is 1. The largest absolute Gasteiger partial charge is 0.496 e. The molecule has 3 aromatic carbocycles. The number of nitrogens with one attached hydrogen (secondary N) is 2. The molecule has 0 saturated carbocycles. The number of aryl methyl sites for hydroxylation is 3. The van der Waals surface area contributed by atoms with Crippen molar-refractivity contribution in [3.05, 3.63) is 89.0 Å². The first kappa shape index (κ1) is 23.5. The minimum atomic E-state index is -3.95. The molecule has 0 aliphatic heterocycles. The number of sulfonamides is 1. The van der Waals surface area contributed by atoms with E-state index in [1.54, 1.807) is 13.0 Å². The summed E-state index contributed by atoms with van der Waals surface area (Å²) in [6.45, 7) is 5.66. The van der Waals surface area contributed by atoms with E-state index in [-0.39, 0.29) is 11.3 Å². The Bertz CT molecular complexity index is 1190. The number of carbonyl (C=O) groups is 1. The quantitative estimate of drug-likeness (QED) is 0.538. The van der Waals surface area contributed by atoms with Crippen molar-refractivity contribution in [3.8, 4) is 5.75 Å². The van der Waals surface area contributed by atoms with Crippen molar-refractivity contribution in [2.45, 2.75) is 38.1 Å². The second-order valence-corrected chi connectivity index (χ2v) is 9.57. The maximum atomic E-state index is 13.2. The number of ether oxygens (including phenoxy) is 1. The van der Waals surface area contributed by atoms with E-state index < -0.39 is 22.0 Å². The maximum absolute atomic E-state index is 13.2. The average molecular weight is 453 g/mol. The van der Waals surface area contributed by atoms with Gasteiger partial charge in [-0.1, -0.05) is 36.4 Å². The van der Waals surface area contributed by atoms with Crippen LogP contribution < -0.4 is 14.8 Å². The van der Waals surface area contributed by atoms with Crippen LogP contribution in [0.25, 0.3) is 0 Å². The van der Waals surface area contributed by atoms with Gasteiger partial charge in [0.25, 0.3) is 0 Å². The lowest BCUT2D eigenvalue weighted by atomic mass is 10.1. The van der Waals surface area contributed by atoms with Gasteiger partial charge in [-0.05, 0) is 79.8 Å². The molecular formula is C25H28N2O4S. The molecule has 0 bridgehead atoms. The third-order valence-corrected chi connectivity index (χ3v) is 6.53. The molecule has 7 heteroatoms. The smallest absolute Gasteiger partial charge is 0.242 e. The fourth-order valence-corrected chi connectivity index (χ4v) is 4.87. The molecule has 1 unspecified atom stereocenters. The first-order valence-corrected chi connectivity index (χ1v) is 11.8. The number of methoxy groups -OCH3 is 1. The molecule has 0 fully saturated rings. The molecule has 0 aliphatic rings. The summed E-state index contributed by atoms with van der Waals surface area (Å²) in [5, 5.41) is 2.86. The Morgan fingerprint density at radius 3 is 2.19 bits per heavy atom. The Hall–Kier alpha value is -3.16. The van der Waals surface area contributed by atoms with Gasteiger partial charge in [-0.3, -0.25) is 4.79 Å². The molecule has 0 heterocycles. The van der Waals surface area contributed by atoms with Gasteiger partial charge < -0.3 is 10.1 Å².